The molecule has 0 spiro atoms. The van der Waals surface area contributed by atoms with E-state index in [1.165, 1.54) is 0 Å². The first kappa shape index (κ1) is 18.8. The Hall–Kier alpha value is -1.26. The van der Waals surface area contributed by atoms with E-state index >= 15 is 0 Å². The minimum absolute atomic E-state index is 0. The standard InChI is InChI=1S/C17H18O3P.Li/c1-11-10-12(2)16(20-4)14(15(11)19-3)17(18)21-13-8-6-5-7-9-13;/h5-10H,1-4H3;/q-1;+1. The van der Waals surface area contributed by atoms with Crippen molar-refractivity contribution in [1.29, 1.82) is 0 Å². The number of hydrogen-bond donors (Lipinski definition) is 0. The molecule has 0 amide bonds. The fourth-order valence-corrected chi connectivity index (χ4v) is 3.22. The van der Waals surface area contributed by atoms with Crippen molar-refractivity contribution in [3.63, 3.8) is 0 Å². The molecule has 0 atom stereocenters. The summed E-state index contributed by atoms with van der Waals surface area (Å²) in [5, 5.41) is 0.950. The summed E-state index contributed by atoms with van der Waals surface area (Å²) in [5.74, 6) is 1.18. The predicted octanol–water partition coefficient (Wildman–Crippen LogP) is 0.737. The van der Waals surface area contributed by atoms with Gasteiger partial charge in [-0.15, -0.1) is 0 Å². The third-order valence-corrected chi connectivity index (χ3v) is 4.20. The Morgan fingerprint density at radius 1 is 0.955 bits per heavy atom. The molecule has 0 bridgehead atoms. The molecule has 0 aliphatic rings. The monoisotopic (exact) mass is 308 g/mol. The number of ether oxygens (including phenoxy) is 2. The van der Waals surface area contributed by atoms with Gasteiger partial charge in [-0.1, -0.05) is 30.3 Å². The van der Waals surface area contributed by atoms with Gasteiger partial charge >= 0.3 is 18.9 Å². The van der Waals surface area contributed by atoms with Crippen molar-refractivity contribution < 1.29 is 33.1 Å². The van der Waals surface area contributed by atoms with Gasteiger partial charge in [-0.05, 0) is 31.0 Å². The maximum Gasteiger partial charge on any atom is 1.00 e. The fourth-order valence-electron chi connectivity index (χ4n) is 2.35. The second kappa shape index (κ2) is 8.39. The molecule has 0 unspecified atom stereocenters. The van der Waals surface area contributed by atoms with Crippen LogP contribution in [0.25, 0.3) is 0 Å². The normalized spacial score (nSPS) is 10.4. The maximum atomic E-state index is 12.7. The summed E-state index contributed by atoms with van der Waals surface area (Å²) < 4.78 is 10.9. The van der Waals surface area contributed by atoms with Gasteiger partial charge in [0.15, 0.2) is 0 Å². The van der Waals surface area contributed by atoms with Crippen LogP contribution in [0.1, 0.15) is 21.5 Å². The molecule has 0 radical (unpaired) electrons. The van der Waals surface area contributed by atoms with Gasteiger partial charge in [0.1, 0.15) is 11.5 Å². The molecule has 0 aliphatic heterocycles. The van der Waals surface area contributed by atoms with Gasteiger partial charge in [-0.25, -0.2) is 0 Å². The van der Waals surface area contributed by atoms with Gasteiger partial charge in [0.25, 0.3) is 0 Å². The summed E-state index contributed by atoms with van der Waals surface area (Å²) in [6.07, 6.45) is 0. The Balaban J connectivity index is 0.00000242. The summed E-state index contributed by atoms with van der Waals surface area (Å²) in [5.41, 5.74) is 2.36. The van der Waals surface area contributed by atoms with Crippen LogP contribution in [0.15, 0.2) is 36.4 Å². The van der Waals surface area contributed by atoms with Gasteiger partial charge in [0.05, 0.1) is 19.8 Å². The second-order valence-corrected chi connectivity index (χ2v) is 5.85. The quantitative estimate of drug-likeness (QED) is 0.604. The second-order valence-electron chi connectivity index (χ2n) is 4.70. The van der Waals surface area contributed by atoms with Crippen molar-refractivity contribution in [2.75, 3.05) is 14.2 Å². The molecular formula is C17H18LiO3P. The Morgan fingerprint density at radius 2 is 1.45 bits per heavy atom. The molecule has 22 heavy (non-hydrogen) atoms. The molecular weight excluding hydrogens is 290 g/mol. The third kappa shape index (κ3) is 3.93. The van der Waals surface area contributed by atoms with Crippen LogP contribution in [0.2, 0.25) is 0 Å². The van der Waals surface area contributed by atoms with Crippen LogP contribution < -0.4 is 33.6 Å². The zero-order valence-electron chi connectivity index (χ0n) is 13.6. The van der Waals surface area contributed by atoms with Gasteiger partial charge in [0.2, 0.25) is 0 Å². The first-order valence-corrected chi connectivity index (χ1v) is 7.51. The molecule has 2 aromatic rings. The molecule has 0 heterocycles. The van der Waals surface area contributed by atoms with E-state index in [-0.39, 0.29) is 24.4 Å². The Kier molecular flexibility index (Phi) is 7.17. The average molecular weight is 308 g/mol. The van der Waals surface area contributed by atoms with Crippen molar-refractivity contribution in [1.82, 2.24) is 0 Å². The molecule has 2 aromatic carbocycles. The van der Waals surface area contributed by atoms with Crippen LogP contribution in [-0.4, -0.2) is 19.7 Å². The van der Waals surface area contributed by atoms with Crippen LogP contribution in [0.5, 0.6) is 11.5 Å². The fraction of sp³-hybridized carbons (Fsp3) is 0.235. The van der Waals surface area contributed by atoms with Gasteiger partial charge in [-0.3, -0.25) is 0 Å². The Bertz CT molecular complexity index is 628. The zero-order chi connectivity index (χ0) is 15.4. The number of benzene rings is 2. The minimum Gasteiger partial charge on any atom is -0.496 e. The molecule has 0 aromatic heterocycles. The molecule has 2 rings (SSSR count). The Morgan fingerprint density at radius 3 is 1.91 bits per heavy atom. The smallest absolute Gasteiger partial charge is 0.496 e. The van der Waals surface area contributed by atoms with Crippen LogP contribution in [0.4, 0.5) is 0 Å². The van der Waals surface area contributed by atoms with E-state index in [2.05, 4.69) is 0 Å². The van der Waals surface area contributed by atoms with E-state index in [1.54, 1.807) is 14.2 Å². The molecule has 3 nitrogen and oxygen atoms in total. The van der Waals surface area contributed by atoms with E-state index in [4.69, 9.17) is 9.47 Å². The van der Waals surface area contributed by atoms with E-state index in [0.717, 1.165) is 16.4 Å². The first-order valence-electron chi connectivity index (χ1n) is 6.61. The third-order valence-electron chi connectivity index (χ3n) is 3.21. The number of carbonyl (C=O) groups is 1. The van der Waals surface area contributed by atoms with Crippen molar-refractivity contribution in [3.05, 3.63) is 53.1 Å². The van der Waals surface area contributed by atoms with Crippen molar-refractivity contribution in [2.45, 2.75) is 13.8 Å². The van der Waals surface area contributed by atoms with E-state index in [1.807, 2.05) is 50.2 Å². The minimum atomic E-state index is -0.0262. The molecule has 0 N–H and O–H groups in total. The topological polar surface area (TPSA) is 35.5 Å². The maximum absolute atomic E-state index is 12.7. The first-order chi connectivity index (χ1) is 10.1. The average Bonchev–Trinajstić information content (AvgIpc) is 2.47. The van der Waals surface area contributed by atoms with Crippen LogP contribution in [0, 0.1) is 13.8 Å². The predicted molar refractivity (Wildman–Crippen MR) is 86.3 cm³/mol. The SMILES string of the molecule is COc1c(C)cc(C)c(OC)c1C(=O)[P-]c1ccccc1.[Li+]. The molecule has 0 fully saturated rings. The Labute approximate surface area is 145 Å². The van der Waals surface area contributed by atoms with Crippen LogP contribution in [0.3, 0.4) is 0 Å². The van der Waals surface area contributed by atoms with E-state index in [9.17, 15) is 4.79 Å². The van der Waals surface area contributed by atoms with Gasteiger partial charge in [-0.2, -0.15) is 5.30 Å². The largest absolute Gasteiger partial charge is 1.00 e. The zero-order valence-corrected chi connectivity index (χ0v) is 14.5. The number of aryl methyl sites for hydroxylation is 2. The number of carbonyl (C=O) groups excluding carboxylic acids is 1. The summed E-state index contributed by atoms with van der Waals surface area (Å²) in [6.45, 7) is 3.86. The number of methoxy groups -OCH3 is 2. The van der Waals surface area contributed by atoms with Crippen molar-refractivity contribution >= 4 is 19.4 Å². The van der Waals surface area contributed by atoms with Crippen LogP contribution >= 0.6 is 8.58 Å². The molecule has 0 saturated carbocycles. The van der Waals surface area contributed by atoms with Gasteiger partial charge in [0, 0.05) is 5.52 Å². The summed E-state index contributed by atoms with van der Waals surface area (Å²) in [4.78, 5) is 12.7. The molecule has 0 saturated heterocycles. The molecule has 110 valence electrons. The summed E-state index contributed by atoms with van der Waals surface area (Å²) in [6, 6.07) is 11.6. The molecule has 0 aliphatic carbocycles. The number of rotatable bonds is 5. The van der Waals surface area contributed by atoms with E-state index < -0.39 is 0 Å². The summed E-state index contributed by atoms with van der Waals surface area (Å²) in [7, 11) is 3.76. The van der Waals surface area contributed by atoms with Crippen LogP contribution in [-0.2, 0) is 0 Å². The van der Waals surface area contributed by atoms with E-state index in [0.29, 0.717) is 25.6 Å². The number of hydrogen-bond acceptors (Lipinski definition) is 3. The van der Waals surface area contributed by atoms with Gasteiger partial charge < -0.3 is 22.8 Å². The van der Waals surface area contributed by atoms with Crippen molar-refractivity contribution in [2.24, 2.45) is 0 Å². The molecule has 5 heteroatoms. The summed E-state index contributed by atoms with van der Waals surface area (Å²) >= 11 is 0. The van der Waals surface area contributed by atoms with Crippen molar-refractivity contribution in [3.8, 4) is 11.5 Å².